The Balaban J connectivity index is 2.13. The minimum absolute atomic E-state index is 0.0210. The molecular formula is C16H16ClNO. The summed E-state index contributed by atoms with van der Waals surface area (Å²) >= 11 is 5.90. The van der Waals surface area contributed by atoms with Crippen molar-refractivity contribution >= 4 is 17.5 Å². The smallest absolute Gasteiger partial charge is 0.251 e. The molecule has 0 fully saturated rings. The molecule has 0 aliphatic heterocycles. The summed E-state index contributed by atoms with van der Waals surface area (Å²) in [6.45, 7) is 2.05. The standard InChI is InChI=1S/C16H16ClNO/c1-2-15(12-7-4-3-5-8-12)18-16(19)13-9-6-10-14(17)11-13/h3-11,15H,2H2,1H3,(H,18,19). The second-order valence-electron chi connectivity index (χ2n) is 4.36. The van der Waals surface area contributed by atoms with Gasteiger partial charge in [0.25, 0.3) is 5.91 Å². The van der Waals surface area contributed by atoms with E-state index in [1.54, 1.807) is 24.3 Å². The minimum Gasteiger partial charge on any atom is -0.345 e. The van der Waals surface area contributed by atoms with Crippen LogP contribution in [-0.2, 0) is 0 Å². The number of carbonyl (C=O) groups excluding carboxylic acids is 1. The van der Waals surface area contributed by atoms with Gasteiger partial charge in [-0.15, -0.1) is 0 Å². The lowest BCUT2D eigenvalue weighted by molar-refractivity contribution is 0.0935. The van der Waals surface area contributed by atoms with Gasteiger partial charge in [0.05, 0.1) is 6.04 Å². The van der Waals surface area contributed by atoms with Crippen LogP contribution in [0.25, 0.3) is 0 Å². The third kappa shape index (κ3) is 3.58. The second-order valence-corrected chi connectivity index (χ2v) is 4.79. The van der Waals surface area contributed by atoms with E-state index >= 15 is 0 Å². The van der Waals surface area contributed by atoms with Gasteiger partial charge >= 0.3 is 0 Å². The molecule has 0 aromatic heterocycles. The van der Waals surface area contributed by atoms with Crippen LogP contribution in [0.4, 0.5) is 0 Å². The molecule has 0 radical (unpaired) electrons. The Kier molecular flexibility index (Phi) is 4.58. The van der Waals surface area contributed by atoms with Gasteiger partial charge in [0.1, 0.15) is 0 Å². The van der Waals surface area contributed by atoms with E-state index in [2.05, 4.69) is 12.2 Å². The highest BCUT2D eigenvalue weighted by atomic mass is 35.5. The summed E-state index contributed by atoms with van der Waals surface area (Å²) in [5.74, 6) is -0.0989. The van der Waals surface area contributed by atoms with E-state index < -0.39 is 0 Å². The Labute approximate surface area is 118 Å². The fourth-order valence-electron chi connectivity index (χ4n) is 1.98. The second kappa shape index (κ2) is 6.39. The van der Waals surface area contributed by atoms with Gasteiger partial charge in [-0.3, -0.25) is 4.79 Å². The van der Waals surface area contributed by atoms with Gasteiger partial charge < -0.3 is 5.32 Å². The molecule has 2 nitrogen and oxygen atoms in total. The summed E-state index contributed by atoms with van der Waals surface area (Å²) in [4.78, 5) is 12.2. The van der Waals surface area contributed by atoms with Crippen LogP contribution in [0.15, 0.2) is 54.6 Å². The first kappa shape index (κ1) is 13.6. The highest BCUT2D eigenvalue weighted by molar-refractivity contribution is 6.30. The molecular weight excluding hydrogens is 258 g/mol. The molecule has 0 bridgehead atoms. The number of benzene rings is 2. The Morgan fingerprint density at radius 2 is 1.89 bits per heavy atom. The van der Waals surface area contributed by atoms with Crippen molar-refractivity contribution in [2.75, 3.05) is 0 Å². The van der Waals surface area contributed by atoms with Crippen molar-refractivity contribution in [1.29, 1.82) is 0 Å². The van der Waals surface area contributed by atoms with Gasteiger partial charge in [0, 0.05) is 10.6 Å². The lowest BCUT2D eigenvalue weighted by Gasteiger charge is -2.17. The third-order valence-electron chi connectivity index (χ3n) is 3.00. The highest BCUT2D eigenvalue weighted by Crippen LogP contribution is 2.17. The van der Waals surface area contributed by atoms with E-state index in [0.717, 1.165) is 12.0 Å². The molecule has 0 saturated carbocycles. The van der Waals surface area contributed by atoms with E-state index in [-0.39, 0.29) is 11.9 Å². The van der Waals surface area contributed by atoms with Crippen LogP contribution in [0.3, 0.4) is 0 Å². The van der Waals surface area contributed by atoms with E-state index in [1.165, 1.54) is 0 Å². The van der Waals surface area contributed by atoms with Crippen molar-refractivity contribution in [3.8, 4) is 0 Å². The van der Waals surface area contributed by atoms with Gasteiger partial charge in [0.2, 0.25) is 0 Å². The Morgan fingerprint density at radius 1 is 1.16 bits per heavy atom. The van der Waals surface area contributed by atoms with Gasteiger partial charge in [-0.1, -0.05) is 54.9 Å². The first-order valence-corrected chi connectivity index (χ1v) is 6.70. The predicted octanol–water partition coefficient (Wildman–Crippen LogP) is 4.22. The van der Waals surface area contributed by atoms with Crippen molar-refractivity contribution in [2.24, 2.45) is 0 Å². The van der Waals surface area contributed by atoms with Crippen molar-refractivity contribution < 1.29 is 4.79 Å². The zero-order valence-electron chi connectivity index (χ0n) is 10.8. The van der Waals surface area contributed by atoms with Crippen LogP contribution in [0, 0.1) is 0 Å². The molecule has 0 spiro atoms. The lowest BCUT2D eigenvalue weighted by atomic mass is 10.0. The number of nitrogens with one attached hydrogen (secondary N) is 1. The van der Waals surface area contributed by atoms with Crippen molar-refractivity contribution in [3.63, 3.8) is 0 Å². The Morgan fingerprint density at radius 3 is 2.53 bits per heavy atom. The molecule has 2 aromatic rings. The summed E-state index contributed by atoms with van der Waals surface area (Å²) in [7, 11) is 0. The fourth-order valence-corrected chi connectivity index (χ4v) is 2.17. The maximum Gasteiger partial charge on any atom is 0.251 e. The fraction of sp³-hybridized carbons (Fsp3) is 0.188. The monoisotopic (exact) mass is 273 g/mol. The van der Waals surface area contributed by atoms with Gasteiger partial charge in [0.15, 0.2) is 0 Å². The number of hydrogen-bond donors (Lipinski definition) is 1. The van der Waals surface area contributed by atoms with Gasteiger partial charge in [-0.2, -0.15) is 0 Å². The van der Waals surface area contributed by atoms with Crippen LogP contribution in [-0.4, -0.2) is 5.91 Å². The molecule has 1 atom stereocenters. The quantitative estimate of drug-likeness (QED) is 0.888. The molecule has 0 aliphatic rings. The summed E-state index contributed by atoms with van der Waals surface area (Å²) < 4.78 is 0. The molecule has 2 aromatic carbocycles. The number of rotatable bonds is 4. The van der Waals surface area contributed by atoms with Crippen LogP contribution < -0.4 is 5.32 Å². The van der Waals surface area contributed by atoms with Crippen LogP contribution in [0.1, 0.15) is 35.3 Å². The van der Waals surface area contributed by atoms with E-state index in [1.807, 2.05) is 30.3 Å². The van der Waals surface area contributed by atoms with Crippen molar-refractivity contribution in [3.05, 3.63) is 70.7 Å². The third-order valence-corrected chi connectivity index (χ3v) is 3.24. The van der Waals surface area contributed by atoms with Gasteiger partial charge in [-0.25, -0.2) is 0 Å². The summed E-state index contributed by atoms with van der Waals surface area (Å²) in [5.41, 5.74) is 1.70. The average molecular weight is 274 g/mol. The highest BCUT2D eigenvalue weighted by Gasteiger charge is 2.13. The van der Waals surface area contributed by atoms with E-state index in [9.17, 15) is 4.79 Å². The first-order valence-electron chi connectivity index (χ1n) is 6.32. The summed E-state index contributed by atoms with van der Waals surface area (Å²) in [6.07, 6.45) is 0.844. The zero-order valence-corrected chi connectivity index (χ0v) is 11.5. The van der Waals surface area contributed by atoms with E-state index in [0.29, 0.717) is 10.6 Å². The molecule has 19 heavy (non-hydrogen) atoms. The minimum atomic E-state index is -0.0989. The molecule has 98 valence electrons. The molecule has 1 unspecified atom stereocenters. The molecule has 1 N–H and O–H groups in total. The largest absolute Gasteiger partial charge is 0.345 e. The molecule has 0 saturated heterocycles. The number of amides is 1. The molecule has 3 heteroatoms. The van der Waals surface area contributed by atoms with Gasteiger partial charge in [-0.05, 0) is 30.2 Å². The summed E-state index contributed by atoms with van der Waals surface area (Å²) in [6, 6.07) is 17.0. The maximum absolute atomic E-state index is 12.2. The average Bonchev–Trinajstić information content (AvgIpc) is 2.45. The maximum atomic E-state index is 12.2. The molecule has 1 amide bonds. The van der Waals surface area contributed by atoms with Crippen molar-refractivity contribution in [2.45, 2.75) is 19.4 Å². The molecule has 0 aliphatic carbocycles. The molecule has 0 heterocycles. The first-order chi connectivity index (χ1) is 9.20. The van der Waals surface area contributed by atoms with Crippen LogP contribution >= 0.6 is 11.6 Å². The number of hydrogen-bond acceptors (Lipinski definition) is 1. The van der Waals surface area contributed by atoms with Crippen LogP contribution in [0.5, 0.6) is 0 Å². The topological polar surface area (TPSA) is 29.1 Å². The zero-order chi connectivity index (χ0) is 13.7. The normalized spacial score (nSPS) is 11.9. The molecule has 2 rings (SSSR count). The SMILES string of the molecule is CCC(NC(=O)c1cccc(Cl)c1)c1ccccc1. The van der Waals surface area contributed by atoms with E-state index in [4.69, 9.17) is 11.6 Å². The Bertz CT molecular complexity index is 554. The lowest BCUT2D eigenvalue weighted by Crippen LogP contribution is -2.28. The summed E-state index contributed by atoms with van der Waals surface area (Å²) in [5, 5.41) is 3.60. The Hall–Kier alpha value is -1.80. The predicted molar refractivity (Wildman–Crippen MR) is 78.4 cm³/mol. The number of carbonyl (C=O) groups is 1. The van der Waals surface area contributed by atoms with Crippen LogP contribution in [0.2, 0.25) is 5.02 Å². The van der Waals surface area contributed by atoms with Crippen molar-refractivity contribution in [1.82, 2.24) is 5.32 Å². The number of halogens is 1.